The van der Waals surface area contributed by atoms with Gasteiger partial charge in [0.25, 0.3) is 0 Å². The zero-order valence-electron chi connectivity index (χ0n) is 18.6. The van der Waals surface area contributed by atoms with Gasteiger partial charge in [-0.3, -0.25) is 0 Å². The Morgan fingerprint density at radius 1 is 0.696 bits per heavy atom. The molecule has 0 radical (unpaired) electrons. The Morgan fingerprint density at radius 2 is 1.00 bits per heavy atom. The second-order valence-electron chi connectivity index (χ2n) is 9.94. The first kappa shape index (κ1) is 20.4. The van der Waals surface area contributed by atoms with Crippen LogP contribution in [0.15, 0.2) is 0 Å². The molecule has 2 saturated carbocycles. The molecule has 2 nitrogen and oxygen atoms in total. The summed E-state index contributed by atoms with van der Waals surface area (Å²) in [5.74, 6) is 0. The first-order chi connectivity index (χ1) is 10.6. The number of hydrogen-bond donors (Lipinski definition) is 0. The molecule has 23 heavy (non-hydrogen) atoms. The van der Waals surface area contributed by atoms with Gasteiger partial charge in [-0.05, 0) is 0 Å². The van der Waals surface area contributed by atoms with E-state index in [2.05, 4.69) is 65.0 Å². The van der Waals surface area contributed by atoms with Gasteiger partial charge in [0.2, 0.25) is 0 Å². The van der Waals surface area contributed by atoms with E-state index in [-0.39, 0.29) is 2.85 Å². The number of nitrogens with zero attached hydrogens (tertiary/aromatic N) is 2. The van der Waals surface area contributed by atoms with Gasteiger partial charge in [-0.2, -0.15) is 0 Å². The van der Waals surface area contributed by atoms with Crippen LogP contribution in [-0.4, -0.2) is 36.0 Å². The van der Waals surface area contributed by atoms with Crippen LogP contribution in [-0.2, 0) is 20.7 Å². The molecule has 0 aromatic heterocycles. The Labute approximate surface area is 162 Å². The van der Waals surface area contributed by atoms with E-state index in [9.17, 15) is 0 Å². The van der Waals surface area contributed by atoms with Crippen molar-refractivity contribution in [3.63, 3.8) is 0 Å². The second-order valence-corrected chi connectivity index (χ2v) is 22.8. The maximum atomic E-state index is 3.14. The van der Waals surface area contributed by atoms with Gasteiger partial charge in [-0.1, -0.05) is 0 Å². The van der Waals surface area contributed by atoms with Crippen LogP contribution in [0.3, 0.4) is 0 Å². The minimum atomic E-state index is -1.35. The van der Waals surface area contributed by atoms with Crippen LogP contribution in [0, 0.1) is 0 Å². The third-order valence-corrected chi connectivity index (χ3v) is 21.2. The average molecular weight is 391 g/mol. The summed E-state index contributed by atoms with van der Waals surface area (Å²) in [6, 6.07) is 1.71. The number of hydrogen-bond acceptors (Lipinski definition) is 1. The smallest absolute Gasteiger partial charge is 1.00 e. The van der Waals surface area contributed by atoms with Crippen LogP contribution in [0.4, 0.5) is 0 Å². The summed E-state index contributed by atoms with van der Waals surface area (Å²) >= 11 is 2.65. The zero-order valence-corrected chi connectivity index (χ0v) is 20.2. The van der Waals surface area contributed by atoms with Crippen LogP contribution in [0.2, 0.25) is 39.3 Å². The number of rotatable bonds is 5. The molecule has 0 aromatic carbocycles. The molecule has 2 aliphatic carbocycles. The van der Waals surface area contributed by atoms with Crippen molar-refractivity contribution in [2.45, 2.75) is 116 Å². The monoisotopic (exact) mass is 390 g/mol. The van der Waals surface area contributed by atoms with E-state index < -0.39 is 16.5 Å². The summed E-state index contributed by atoms with van der Waals surface area (Å²) < 4.78 is 1.36. The fraction of sp³-hybridized carbons (Fsp3) is 1.00. The van der Waals surface area contributed by atoms with Crippen LogP contribution in [0.1, 0.15) is 67.1 Å². The molecule has 2 aliphatic rings. The largest absolute Gasteiger partial charge is 1.00 e. The molecule has 2 fully saturated rings. The van der Waals surface area contributed by atoms with Crippen molar-refractivity contribution in [3.8, 4) is 0 Å². The van der Waals surface area contributed by atoms with Crippen molar-refractivity contribution < 1.29 is 26.0 Å². The van der Waals surface area contributed by atoms with Gasteiger partial charge in [0, 0.05) is 0 Å². The normalized spacial score (nSPS) is 23.4. The topological polar surface area (TPSA) is 3.24 Å². The third kappa shape index (κ3) is 4.25. The van der Waals surface area contributed by atoms with Gasteiger partial charge in [0.05, 0.1) is 0 Å². The average Bonchev–Trinajstić information content (AvgIpc) is 2.47. The number of quaternary nitrogens is 1. The van der Waals surface area contributed by atoms with Crippen molar-refractivity contribution >= 4 is 16.5 Å². The predicted octanol–water partition coefficient (Wildman–Crippen LogP) is 6.04. The molecule has 0 bridgehead atoms. The molecular weight excluding hydrogens is 348 g/mol. The van der Waals surface area contributed by atoms with Crippen molar-refractivity contribution in [1.29, 1.82) is 0 Å². The molecule has 5 heteroatoms. The van der Waals surface area contributed by atoms with Crippen LogP contribution >= 0.6 is 0 Å². The molecule has 0 aliphatic heterocycles. The minimum absolute atomic E-state index is 0. The van der Waals surface area contributed by atoms with Gasteiger partial charge in [-0.15, -0.1) is 0 Å². The standard InChI is InChI=1S/C18H40N2Si2.Ti.2H/c1-21(2,3)20(22(4,5)6)19(17-13-9-7-10-14-17)18-15-11-8-12-16-18;;;/h17-18H,7-16H2,1-6H3;;;/q;+1;2*-1. The molecule has 0 N–H and O–H groups in total. The molecule has 0 heterocycles. The predicted molar refractivity (Wildman–Crippen MR) is 105 cm³/mol. The van der Waals surface area contributed by atoms with Crippen molar-refractivity contribution in [2.75, 3.05) is 0 Å². The van der Waals surface area contributed by atoms with E-state index in [0.29, 0.717) is 0 Å². The molecule has 2 rings (SSSR count). The van der Waals surface area contributed by atoms with Gasteiger partial charge in [0.15, 0.2) is 0 Å². The van der Waals surface area contributed by atoms with Crippen molar-refractivity contribution in [1.82, 2.24) is 5.01 Å². The first-order valence-corrected chi connectivity index (χ1v) is 17.6. The van der Waals surface area contributed by atoms with Crippen LogP contribution < -0.4 is 0 Å². The summed E-state index contributed by atoms with van der Waals surface area (Å²) in [5, 5.41) is 3.14. The Hall–Kier alpha value is 1.07. The SMILES string of the molecule is C[Si](C)(C)[N+]([Ti])(N(C1CCCCC1)C1CCCCC1)[Si](C)(C)C.[H-].[H-]. The van der Waals surface area contributed by atoms with Crippen LogP contribution in [0.25, 0.3) is 0 Å². The fourth-order valence-corrected chi connectivity index (χ4v) is 15.8. The maximum Gasteiger partial charge on any atom is -1.00 e. The molecule has 137 valence electrons. The molecule has 0 unspecified atom stereocenters. The van der Waals surface area contributed by atoms with Gasteiger partial charge < -0.3 is 2.85 Å². The maximum absolute atomic E-state index is 3.14. The van der Waals surface area contributed by atoms with E-state index in [1.807, 2.05) is 0 Å². The summed E-state index contributed by atoms with van der Waals surface area (Å²) in [5.41, 5.74) is 0. The molecule has 0 atom stereocenters. The molecule has 0 aromatic rings. The molecular formula is C18H42N2Si2Ti-. The summed E-state index contributed by atoms with van der Waals surface area (Å²) in [6.07, 6.45) is 14.6. The van der Waals surface area contributed by atoms with E-state index in [4.69, 9.17) is 0 Å². The van der Waals surface area contributed by atoms with Gasteiger partial charge in [0.1, 0.15) is 0 Å². The first-order valence-electron chi connectivity index (χ1n) is 10.0. The Bertz CT molecular complexity index is 356. The summed E-state index contributed by atoms with van der Waals surface area (Å²) in [6.45, 7) is 15.8. The summed E-state index contributed by atoms with van der Waals surface area (Å²) in [7, 11) is -2.70. The Kier molecular flexibility index (Phi) is 6.87. The van der Waals surface area contributed by atoms with E-state index in [0.717, 1.165) is 12.1 Å². The van der Waals surface area contributed by atoms with Gasteiger partial charge in [-0.25, -0.2) is 0 Å². The minimum Gasteiger partial charge on any atom is -1.00 e. The van der Waals surface area contributed by atoms with Gasteiger partial charge >= 0.3 is 160 Å². The third-order valence-electron chi connectivity index (χ3n) is 6.19. The molecule has 0 saturated heterocycles. The zero-order chi connectivity index (χ0) is 17.3. The second kappa shape index (κ2) is 7.75. The van der Waals surface area contributed by atoms with Crippen molar-refractivity contribution in [3.05, 3.63) is 0 Å². The van der Waals surface area contributed by atoms with E-state index >= 15 is 0 Å². The molecule has 0 amide bonds. The molecule has 0 spiro atoms. The van der Waals surface area contributed by atoms with E-state index in [1.54, 1.807) is 0 Å². The van der Waals surface area contributed by atoms with Crippen molar-refractivity contribution in [2.24, 2.45) is 0 Å². The van der Waals surface area contributed by atoms with E-state index in [1.165, 1.54) is 66.6 Å². The fourth-order valence-electron chi connectivity index (χ4n) is 5.18. The quantitative estimate of drug-likeness (QED) is 0.408. The Balaban J connectivity index is 0.00000288. The summed E-state index contributed by atoms with van der Waals surface area (Å²) in [4.78, 5) is 0. The van der Waals surface area contributed by atoms with Crippen LogP contribution in [0.5, 0.6) is 0 Å². The Morgan fingerprint density at radius 3 is 1.26 bits per heavy atom.